The number of rotatable bonds is 49. The summed E-state index contributed by atoms with van der Waals surface area (Å²) in [7, 11) is 0. The SMILES string of the molecule is CC/C=C/C/C=C/C/C=C/CCCCCCC(=O)OC(CCCCCCC/C=C/CCCCCCCC)CC(=O)NC(CO)C(O)CCCCCCCCCCCCCCCCC. The van der Waals surface area contributed by atoms with Gasteiger partial charge in [0.15, 0.2) is 0 Å². The Balaban J connectivity index is 4.59. The van der Waals surface area contributed by atoms with E-state index in [-0.39, 0.29) is 24.9 Å². The van der Waals surface area contributed by atoms with Gasteiger partial charge in [-0.05, 0) is 83.5 Å². The fourth-order valence-electron chi connectivity index (χ4n) is 8.26. The molecule has 0 aromatic carbocycles. The number of unbranched alkanes of at least 4 members (excludes halogenated alkanes) is 29. The van der Waals surface area contributed by atoms with E-state index in [1.54, 1.807) is 0 Å². The Morgan fingerprint density at radius 2 is 0.857 bits per heavy atom. The molecule has 0 rings (SSSR count). The first-order valence-electron chi connectivity index (χ1n) is 27.4. The minimum atomic E-state index is -0.794. The van der Waals surface area contributed by atoms with Crippen molar-refractivity contribution in [1.82, 2.24) is 5.32 Å². The molecule has 0 aromatic rings. The lowest BCUT2D eigenvalue weighted by Gasteiger charge is -2.24. The van der Waals surface area contributed by atoms with Crippen molar-refractivity contribution in [2.45, 2.75) is 296 Å². The van der Waals surface area contributed by atoms with Gasteiger partial charge < -0.3 is 20.3 Å². The summed E-state index contributed by atoms with van der Waals surface area (Å²) in [6, 6.07) is -0.709. The first-order valence-corrected chi connectivity index (χ1v) is 27.4. The van der Waals surface area contributed by atoms with Crippen LogP contribution in [0.3, 0.4) is 0 Å². The molecule has 6 nitrogen and oxygen atoms in total. The van der Waals surface area contributed by atoms with E-state index in [9.17, 15) is 19.8 Å². The standard InChI is InChI=1S/C57H105NO5/c1-4-7-10-13-16-19-22-25-28-30-33-36-39-42-45-48-53(63-57(62)50-47-44-41-38-35-32-27-24-21-18-15-12-9-6-3)51-56(61)58-54(52-59)55(60)49-46-43-40-37-34-31-29-26-23-20-17-14-11-8-5-2/h9,12,18,21,25,27-28,32,53-55,59-60H,4-8,10-11,13-17,19-20,22-24,26,29-31,33-52H2,1-3H3,(H,58,61)/b12-9+,21-18+,28-25+,32-27+. The number of aliphatic hydroxyl groups is 2. The van der Waals surface area contributed by atoms with Gasteiger partial charge in [0.2, 0.25) is 5.91 Å². The molecule has 368 valence electrons. The quantitative estimate of drug-likeness (QED) is 0.0321. The highest BCUT2D eigenvalue weighted by molar-refractivity contribution is 5.77. The van der Waals surface area contributed by atoms with E-state index in [0.717, 1.165) is 96.3 Å². The summed E-state index contributed by atoms with van der Waals surface area (Å²) >= 11 is 0. The highest BCUT2D eigenvalue weighted by Crippen LogP contribution is 2.18. The zero-order valence-electron chi connectivity index (χ0n) is 42.0. The van der Waals surface area contributed by atoms with Gasteiger partial charge in [-0.15, -0.1) is 0 Å². The predicted octanol–water partition coefficient (Wildman–Crippen LogP) is 16.6. The van der Waals surface area contributed by atoms with Crippen LogP contribution in [0.25, 0.3) is 0 Å². The molecule has 0 bridgehead atoms. The fraction of sp³-hybridized carbons (Fsp3) is 0.825. The molecule has 3 atom stereocenters. The van der Waals surface area contributed by atoms with Gasteiger partial charge in [-0.25, -0.2) is 0 Å². The van der Waals surface area contributed by atoms with E-state index in [2.05, 4.69) is 74.7 Å². The number of carbonyl (C=O) groups is 2. The van der Waals surface area contributed by atoms with Crippen LogP contribution in [-0.4, -0.2) is 46.9 Å². The molecular weight excluding hydrogens is 779 g/mol. The van der Waals surface area contributed by atoms with E-state index < -0.39 is 18.2 Å². The van der Waals surface area contributed by atoms with E-state index >= 15 is 0 Å². The number of amides is 1. The number of esters is 1. The normalized spacial score (nSPS) is 13.5. The van der Waals surface area contributed by atoms with Crippen molar-refractivity contribution < 1.29 is 24.5 Å². The largest absolute Gasteiger partial charge is 0.462 e. The molecule has 0 aliphatic heterocycles. The van der Waals surface area contributed by atoms with Gasteiger partial charge in [0.05, 0.1) is 25.2 Å². The molecule has 0 aromatic heterocycles. The maximum atomic E-state index is 13.2. The molecule has 0 saturated carbocycles. The molecule has 0 aliphatic rings. The Labute approximate surface area is 391 Å². The molecule has 0 heterocycles. The Morgan fingerprint density at radius 1 is 0.476 bits per heavy atom. The Morgan fingerprint density at radius 3 is 1.32 bits per heavy atom. The number of nitrogens with one attached hydrogen (secondary N) is 1. The van der Waals surface area contributed by atoms with Crippen molar-refractivity contribution >= 4 is 11.9 Å². The maximum absolute atomic E-state index is 13.2. The van der Waals surface area contributed by atoms with Crippen molar-refractivity contribution in [2.24, 2.45) is 0 Å². The number of hydrogen-bond donors (Lipinski definition) is 3. The van der Waals surface area contributed by atoms with Gasteiger partial charge in [-0.1, -0.05) is 230 Å². The molecule has 0 spiro atoms. The molecule has 0 aliphatic carbocycles. The zero-order valence-corrected chi connectivity index (χ0v) is 42.0. The van der Waals surface area contributed by atoms with Crippen LogP contribution in [-0.2, 0) is 14.3 Å². The van der Waals surface area contributed by atoms with Gasteiger partial charge in [-0.2, -0.15) is 0 Å². The lowest BCUT2D eigenvalue weighted by molar-refractivity contribution is -0.151. The zero-order chi connectivity index (χ0) is 45.9. The summed E-state index contributed by atoms with van der Waals surface area (Å²) in [6.45, 7) is 6.38. The van der Waals surface area contributed by atoms with E-state index in [0.29, 0.717) is 19.3 Å². The minimum absolute atomic E-state index is 0.0638. The van der Waals surface area contributed by atoms with Crippen LogP contribution in [0.5, 0.6) is 0 Å². The van der Waals surface area contributed by atoms with Gasteiger partial charge in [-0.3, -0.25) is 9.59 Å². The number of ether oxygens (including phenoxy) is 1. The van der Waals surface area contributed by atoms with Crippen LogP contribution < -0.4 is 5.32 Å². The average molecular weight is 884 g/mol. The van der Waals surface area contributed by atoms with Crippen LogP contribution in [0, 0.1) is 0 Å². The lowest BCUT2D eigenvalue weighted by atomic mass is 10.0. The minimum Gasteiger partial charge on any atom is -0.462 e. The first kappa shape index (κ1) is 60.8. The maximum Gasteiger partial charge on any atom is 0.306 e. The molecule has 3 unspecified atom stereocenters. The predicted molar refractivity (Wildman–Crippen MR) is 273 cm³/mol. The summed E-state index contributed by atoms with van der Waals surface area (Å²) in [5.74, 6) is -0.500. The van der Waals surface area contributed by atoms with Crippen molar-refractivity contribution in [2.75, 3.05) is 6.61 Å². The third kappa shape index (κ3) is 46.2. The van der Waals surface area contributed by atoms with Crippen LogP contribution >= 0.6 is 0 Å². The number of hydrogen-bond acceptors (Lipinski definition) is 5. The van der Waals surface area contributed by atoms with Crippen LogP contribution in [0.1, 0.15) is 278 Å². The summed E-state index contributed by atoms with van der Waals surface area (Å²) in [4.78, 5) is 26.2. The molecule has 1 amide bonds. The summed E-state index contributed by atoms with van der Waals surface area (Å²) in [5, 5.41) is 23.8. The van der Waals surface area contributed by atoms with Crippen molar-refractivity contribution in [3.8, 4) is 0 Å². The van der Waals surface area contributed by atoms with Gasteiger partial charge in [0, 0.05) is 6.42 Å². The van der Waals surface area contributed by atoms with Crippen LogP contribution in [0.15, 0.2) is 48.6 Å². The first-order chi connectivity index (χ1) is 31.0. The highest BCUT2D eigenvalue weighted by Gasteiger charge is 2.24. The van der Waals surface area contributed by atoms with Crippen molar-refractivity contribution in [3.63, 3.8) is 0 Å². The third-order valence-corrected chi connectivity index (χ3v) is 12.4. The second kappa shape index (κ2) is 50.8. The van der Waals surface area contributed by atoms with Crippen LogP contribution in [0.4, 0.5) is 0 Å². The second-order valence-corrected chi connectivity index (χ2v) is 18.6. The Bertz CT molecular complexity index is 1080. The lowest BCUT2D eigenvalue weighted by Crippen LogP contribution is -2.46. The van der Waals surface area contributed by atoms with Crippen molar-refractivity contribution in [3.05, 3.63) is 48.6 Å². The Hall–Kier alpha value is -2.18. The smallest absolute Gasteiger partial charge is 0.306 e. The summed E-state index contributed by atoms with van der Waals surface area (Å²) in [6.07, 6.45) is 61.7. The van der Waals surface area contributed by atoms with E-state index in [4.69, 9.17) is 4.74 Å². The van der Waals surface area contributed by atoms with Gasteiger partial charge in [0.25, 0.3) is 0 Å². The molecule has 63 heavy (non-hydrogen) atoms. The van der Waals surface area contributed by atoms with Crippen molar-refractivity contribution in [1.29, 1.82) is 0 Å². The summed E-state index contributed by atoms with van der Waals surface area (Å²) < 4.78 is 5.93. The van der Waals surface area contributed by atoms with Gasteiger partial charge >= 0.3 is 5.97 Å². The van der Waals surface area contributed by atoms with E-state index in [1.165, 1.54) is 135 Å². The highest BCUT2D eigenvalue weighted by atomic mass is 16.5. The molecule has 0 fully saturated rings. The average Bonchev–Trinajstić information content (AvgIpc) is 3.28. The molecule has 3 N–H and O–H groups in total. The summed E-state index contributed by atoms with van der Waals surface area (Å²) in [5.41, 5.74) is 0. The third-order valence-electron chi connectivity index (χ3n) is 12.4. The number of allylic oxidation sites excluding steroid dienone is 8. The number of aliphatic hydroxyl groups excluding tert-OH is 2. The molecule has 6 heteroatoms. The van der Waals surface area contributed by atoms with Crippen LogP contribution in [0.2, 0.25) is 0 Å². The Kier molecular flexibility index (Phi) is 49.1. The van der Waals surface area contributed by atoms with Gasteiger partial charge in [0.1, 0.15) is 6.10 Å². The molecule has 0 radical (unpaired) electrons. The second-order valence-electron chi connectivity index (χ2n) is 18.6. The molecular formula is C57H105NO5. The number of carbonyl (C=O) groups excluding carboxylic acids is 2. The monoisotopic (exact) mass is 884 g/mol. The van der Waals surface area contributed by atoms with E-state index in [1.807, 2.05) is 0 Å². The topological polar surface area (TPSA) is 95.9 Å². The fourth-order valence-corrected chi connectivity index (χ4v) is 8.26. The molecule has 0 saturated heterocycles.